The summed E-state index contributed by atoms with van der Waals surface area (Å²) in [5.41, 5.74) is 7.46. The Bertz CT molecular complexity index is 720. The van der Waals surface area contributed by atoms with Crippen LogP contribution in [-0.4, -0.2) is 30.1 Å². The van der Waals surface area contributed by atoms with Crippen molar-refractivity contribution in [3.63, 3.8) is 0 Å². The summed E-state index contributed by atoms with van der Waals surface area (Å²) in [7, 11) is 0. The lowest BCUT2D eigenvalue weighted by atomic mass is 10.0. The molecular formula is C16H20ClN3O3S. The number of ether oxygens (including phenoxy) is 2. The molecule has 1 aliphatic heterocycles. The van der Waals surface area contributed by atoms with Crippen molar-refractivity contribution >= 4 is 34.8 Å². The number of nitrogens with two attached hydrogens (primary N) is 1. The Balaban J connectivity index is 0.00000208. The Kier molecular flexibility index (Phi) is 6.04. The average Bonchev–Trinajstić information content (AvgIpc) is 3.02. The normalized spacial score (nSPS) is 15.1. The SMILES string of the molecule is CC(N)C(C)C(=O)Nc1nc(-c2ccc3c(c2)OCCO3)cs1.Cl. The molecule has 2 heterocycles. The minimum Gasteiger partial charge on any atom is -0.486 e. The first-order valence-electron chi connectivity index (χ1n) is 7.46. The number of benzene rings is 1. The molecule has 0 radical (unpaired) electrons. The van der Waals surface area contributed by atoms with Crippen LogP contribution in [0.2, 0.25) is 0 Å². The highest BCUT2D eigenvalue weighted by Gasteiger charge is 2.19. The fraction of sp³-hybridized carbons (Fsp3) is 0.375. The van der Waals surface area contributed by atoms with Crippen molar-refractivity contribution < 1.29 is 14.3 Å². The van der Waals surface area contributed by atoms with E-state index < -0.39 is 0 Å². The van der Waals surface area contributed by atoms with Gasteiger partial charge in [0.2, 0.25) is 5.91 Å². The van der Waals surface area contributed by atoms with Crippen molar-refractivity contribution in [3.8, 4) is 22.8 Å². The van der Waals surface area contributed by atoms with Crippen molar-refractivity contribution in [1.29, 1.82) is 0 Å². The van der Waals surface area contributed by atoms with E-state index in [2.05, 4.69) is 10.3 Å². The van der Waals surface area contributed by atoms with Gasteiger partial charge < -0.3 is 20.5 Å². The molecule has 1 amide bonds. The van der Waals surface area contributed by atoms with E-state index in [0.29, 0.717) is 18.3 Å². The predicted molar refractivity (Wildman–Crippen MR) is 97.2 cm³/mol. The van der Waals surface area contributed by atoms with Gasteiger partial charge in [-0.1, -0.05) is 6.92 Å². The lowest BCUT2D eigenvalue weighted by Crippen LogP contribution is -2.34. The number of amides is 1. The molecule has 8 heteroatoms. The van der Waals surface area contributed by atoms with Crippen molar-refractivity contribution in [2.75, 3.05) is 18.5 Å². The van der Waals surface area contributed by atoms with Crippen LogP contribution >= 0.6 is 23.7 Å². The topological polar surface area (TPSA) is 86.5 Å². The van der Waals surface area contributed by atoms with Crippen molar-refractivity contribution in [1.82, 2.24) is 4.98 Å². The van der Waals surface area contributed by atoms with E-state index in [0.717, 1.165) is 22.8 Å². The number of hydrogen-bond donors (Lipinski definition) is 2. The second-order valence-electron chi connectivity index (χ2n) is 5.53. The Morgan fingerprint density at radius 2 is 2.00 bits per heavy atom. The van der Waals surface area contributed by atoms with Gasteiger partial charge in [0, 0.05) is 17.0 Å². The Morgan fingerprint density at radius 3 is 2.71 bits per heavy atom. The van der Waals surface area contributed by atoms with E-state index in [1.807, 2.05) is 30.5 Å². The zero-order chi connectivity index (χ0) is 16.4. The van der Waals surface area contributed by atoms with Gasteiger partial charge in [0.1, 0.15) is 13.2 Å². The molecule has 1 aromatic carbocycles. The number of rotatable bonds is 4. The molecule has 24 heavy (non-hydrogen) atoms. The fourth-order valence-corrected chi connectivity index (χ4v) is 2.85. The first-order valence-corrected chi connectivity index (χ1v) is 8.34. The van der Waals surface area contributed by atoms with Crippen LogP contribution in [0.3, 0.4) is 0 Å². The van der Waals surface area contributed by atoms with Gasteiger partial charge in [0.05, 0.1) is 11.6 Å². The third-order valence-electron chi connectivity index (χ3n) is 3.77. The Labute approximate surface area is 150 Å². The molecule has 1 aliphatic rings. The van der Waals surface area contributed by atoms with E-state index in [4.69, 9.17) is 15.2 Å². The molecule has 2 unspecified atom stereocenters. The van der Waals surface area contributed by atoms with Crippen LogP contribution in [0.4, 0.5) is 5.13 Å². The van der Waals surface area contributed by atoms with Gasteiger partial charge in [0.15, 0.2) is 16.6 Å². The number of aromatic nitrogens is 1. The Morgan fingerprint density at radius 1 is 1.29 bits per heavy atom. The summed E-state index contributed by atoms with van der Waals surface area (Å²) in [4.78, 5) is 16.5. The van der Waals surface area contributed by atoms with Crippen molar-refractivity contribution in [3.05, 3.63) is 23.6 Å². The summed E-state index contributed by atoms with van der Waals surface area (Å²) in [6.07, 6.45) is 0. The summed E-state index contributed by atoms with van der Waals surface area (Å²) in [5.74, 6) is 1.08. The summed E-state index contributed by atoms with van der Waals surface area (Å²) < 4.78 is 11.1. The second-order valence-corrected chi connectivity index (χ2v) is 6.39. The molecular weight excluding hydrogens is 350 g/mol. The van der Waals surface area contributed by atoms with E-state index in [9.17, 15) is 4.79 Å². The van der Waals surface area contributed by atoms with E-state index in [-0.39, 0.29) is 30.3 Å². The lowest BCUT2D eigenvalue weighted by Gasteiger charge is -2.18. The molecule has 3 rings (SSSR count). The van der Waals surface area contributed by atoms with Gasteiger partial charge in [-0.05, 0) is 25.1 Å². The number of halogens is 1. The van der Waals surface area contributed by atoms with Crippen LogP contribution in [0, 0.1) is 5.92 Å². The molecule has 6 nitrogen and oxygen atoms in total. The molecule has 130 valence electrons. The minimum absolute atomic E-state index is 0. The highest BCUT2D eigenvalue weighted by atomic mass is 35.5. The van der Waals surface area contributed by atoms with Crippen LogP contribution in [0.5, 0.6) is 11.5 Å². The number of anilines is 1. The third kappa shape index (κ3) is 3.98. The zero-order valence-electron chi connectivity index (χ0n) is 13.4. The second kappa shape index (κ2) is 7.83. The van der Waals surface area contributed by atoms with Gasteiger partial charge in [-0.2, -0.15) is 0 Å². The molecule has 0 fully saturated rings. The van der Waals surface area contributed by atoms with Gasteiger partial charge in [-0.15, -0.1) is 23.7 Å². The maximum atomic E-state index is 12.0. The molecule has 0 saturated heterocycles. The van der Waals surface area contributed by atoms with Crippen LogP contribution in [0.15, 0.2) is 23.6 Å². The van der Waals surface area contributed by atoms with Gasteiger partial charge >= 0.3 is 0 Å². The lowest BCUT2D eigenvalue weighted by molar-refractivity contribution is -0.119. The first-order chi connectivity index (χ1) is 11.0. The molecule has 3 N–H and O–H groups in total. The molecule has 0 aliphatic carbocycles. The van der Waals surface area contributed by atoms with Gasteiger partial charge in [-0.25, -0.2) is 4.98 Å². The van der Waals surface area contributed by atoms with E-state index in [1.54, 1.807) is 6.92 Å². The first kappa shape index (κ1) is 18.5. The summed E-state index contributed by atoms with van der Waals surface area (Å²) in [6.45, 7) is 4.73. The maximum absolute atomic E-state index is 12.0. The Hall–Kier alpha value is -1.83. The van der Waals surface area contributed by atoms with Gasteiger partial charge in [0.25, 0.3) is 0 Å². The smallest absolute Gasteiger partial charge is 0.230 e. The zero-order valence-corrected chi connectivity index (χ0v) is 15.1. The third-order valence-corrected chi connectivity index (χ3v) is 4.53. The number of nitrogens with one attached hydrogen (secondary N) is 1. The van der Waals surface area contributed by atoms with Crippen LogP contribution in [-0.2, 0) is 4.79 Å². The quantitative estimate of drug-likeness (QED) is 0.865. The summed E-state index contributed by atoms with van der Waals surface area (Å²) in [6, 6.07) is 5.50. The molecule has 0 bridgehead atoms. The monoisotopic (exact) mass is 369 g/mol. The number of carbonyl (C=O) groups is 1. The molecule has 2 atom stereocenters. The number of nitrogens with zero attached hydrogens (tertiary/aromatic N) is 1. The van der Waals surface area contributed by atoms with Crippen molar-refractivity contribution in [2.45, 2.75) is 19.9 Å². The van der Waals surface area contributed by atoms with Crippen LogP contribution in [0.1, 0.15) is 13.8 Å². The number of fused-ring (bicyclic) bond motifs is 1. The van der Waals surface area contributed by atoms with Crippen LogP contribution in [0.25, 0.3) is 11.3 Å². The highest BCUT2D eigenvalue weighted by Crippen LogP contribution is 2.35. The fourth-order valence-electron chi connectivity index (χ4n) is 2.12. The maximum Gasteiger partial charge on any atom is 0.230 e. The van der Waals surface area contributed by atoms with Crippen LogP contribution < -0.4 is 20.5 Å². The largest absolute Gasteiger partial charge is 0.486 e. The van der Waals surface area contributed by atoms with Crippen molar-refractivity contribution in [2.24, 2.45) is 11.7 Å². The molecule has 0 spiro atoms. The van der Waals surface area contributed by atoms with E-state index in [1.165, 1.54) is 11.3 Å². The molecule has 2 aromatic rings. The number of carbonyl (C=O) groups excluding carboxylic acids is 1. The average molecular weight is 370 g/mol. The highest BCUT2D eigenvalue weighted by molar-refractivity contribution is 7.14. The number of thiazole rings is 1. The molecule has 0 saturated carbocycles. The minimum atomic E-state index is -0.267. The summed E-state index contributed by atoms with van der Waals surface area (Å²) >= 11 is 1.38. The molecule has 1 aromatic heterocycles. The standard InChI is InChI=1S/C16H19N3O3S.ClH/c1-9(10(2)17)15(20)19-16-18-12(8-23-16)11-3-4-13-14(7-11)22-6-5-21-13;/h3-4,7-10H,5-6,17H2,1-2H3,(H,18,19,20);1H. The van der Waals surface area contributed by atoms with E-state index >= 15 is 0 Å². The predicted octanol–water partition coefficient (Wildman–Crippen LogP) is 2.92. The summed E-state index contributed by atoms with van der Waals surface area (Å²) in [5, 5.41) is 5.27. The van der Waals surface area contributed by atoms with Gasteiger partial charge in [-0.3, -0.25) is 4.79 Å². The number of hydrogen-bond acceptors (Lipinski definition) is 6.